The molecule has 4 heteroatoms. The summed E-state index contributed by atoms with van der Waals surface area (Å²) in [6.07, 6.45) is 2.33. The first-order valence-corrected chi connectivity index (χ1v) is 7.84. The summed E-state index contributed by atoms with van der Waals surface area (Å²) in [5.74, 6) is 0.798. The smallest absolute Gasteiger partial charge is 0.241 e. The Labute approximate surface area is 127 Å². The highest BCUT2D eigenvalue weighted by molar-refractivity contribution is 5.81. The molecular weight excluding hydrogens is 262 g/mol. The number of carbonyl (C=O) groups is 1. The molecule has 1 unspecified atom stereocenters. The predicted molar refractivity (Wildman–Crippen MR) is 87.6 cm³/mol. The number of rotatable bonds is 5. The summed E-state index contributed by atoms with van der Waals surface area (Å²) in [5.41, 5.74) is 3.47. The van der Waals surface area contributed by atoms with Crippen LogP contribution in [0.1, 0.15) is 24.0 Å². The third kappa shape index (κ3) is 4.21. The molecule has 0 saturated carbocycles. The Balaban J connectivity index is 1.89. The summed E-state index contributed by atoms with van der Waals surface area (Å²) in [6.45, 7) is 7.31. The van der Waals surface area contributed by atoms with E-state index in [4.69, 9.17) is 0 Å². The van der Waals surface area contributed by atoms with Crippen molar-refractivity contribution in [3.05, 3.63) is 29.3 Å². The van der Waals surface area contributed by atoms with Crippen molar-refractivity contribution in [2.75, 3.05) is 38.5 Å². The molecule has 2 N–H and O–H groups in total. The highest BCUT2D eigenvalue weighted by Gasteiger charge is 2.22. The van der Waals surface area contributed by atoms with E-state index in [9.17, 15) is 4.79 Å². The van der Waals surface area contributed by atoms with Crippen molar-refractivity contribution in [3.8, 4) is 0 Å². The Morgan fingerprint density at radius 1 is 1.33 bits per heavy atom. The molecule has 1 aromatic carbocycles. The second kappa shape index (κ2) is 7.46. The Morgan fingerprint density at radius 3 is 2.71 bits per heavy atom. The minimum absolute atomic E-state index is 0.207. The lowest BCUT2D eigenvalue weighted by Gasteiger charge is -2.33. The van der Waals surface area contributed by atoms with E-state index < -0.39 is 0 Å². The van der Waals surface area contributed by atoms with Crippen molar-refractivity contribution < 1.29 is 4.79 Å². The maximum absolute atomic E-state index is 12.4. The highest BCUT2D eigenvalue weighted by atomic mass is 16.2. The first-order chi connectivity index (χ1) is 10.1. The Kier molecular flexibility index (Phi) is 5.62. The fourth-order valence-corrected chi connectivity index (χ4v) is 3.12. The van der Waals surface area contributed by atoms with Crippen molar-refractivity contribution in [3.63, 3.8) is 0 Å². The van der Waals surface area contributed by atoms with Crippen LogP contribution in [-0.2, 0) is 4.79 Å². The van der Waals surface area contributed by atoms with E-state index in [0.717, 1.165) is 31.7 Å². The average Bonchev–Trinajstić information content (AvgIpc) is 2.47. The molecule has 1 atom stereocenters. The molecule has 1 aliphatic heterocycles. The largest absolute Gasteiger partial charge is 0.376 e. The molecule has 0 radical (unpaired) electrons. The molecule has 1 amide bonds. The van der Waals surface area contributed by atoms with E-state index in [0.29, 0.717) is 12.5 Å². The van der Waals surface area contributed by atoms with E-state index in [1.54, 1.807) is 0 Å². The van der Waals surface area contributed by atoms with Crippen LogP contribution in [0.25, 0.3) is 0 Å². The van der Waals surface area contributed by atoms with Crippen LogP contribution < -0.4 is 10.6 Å². The normalized spacial score (nSPS) is 18.6. The van der Waals surface area contributed by atoms with Gasteiger partial charge in [0.2, 0.25) is 5.91 Å². The Morgan fingerprint density at radius 2 is 2.05 bits per heavy atom. The van der Waals surface area contributed by atoms with E-state index in [1.165, 1.54) is 17.5 Å². The van der Waals surface area contributed by atoms with Crippen LogP contribution in [0, 0.1) is 19.8 Å². The van der Waals surface area contributed by atoms with Gasteiger partial charge in [-0.15, -0.1) is 0 Å². The number of amides is 1. The van der Waals surface area contributed by atoms with Gasteiger partial charge in [0.05, 0.1) is 6.54 Å². The molecule has 0 aromatic heterocycles. The van der Waals surface area contributed by atoms with Gasteiger partial charge in [0.1, 0.15) is 0 Å². The molecule has 0 bridgehead atoms. The summed E-state index contributed by atoms with van der Waals surface area (Å²) in [6, 6.07) is 6.19. The molecule has 1 aromatic rings. The fourth-order valence-electron chi connectivity index (χ4n) is 3.12. The monoisotopic (exact) mass is 289 g/mol. The standard InChI is InChI=1S/C17H27N3O/c1-13-6-4-7-14(2)17(13)19-11-16(21)20-9-5-8-15(12-20)10-18-3/h4,6-7,15,18-19H,5,8-12H2,1-3H3. The van der Waals surface area contributed by atoms with Crippen molar-refractivity contribution in [1.29, 1.82) is 0 Å². The first kappa shape index (κ1) is 15.8. The molecule has 1 heterocycles. The van der Waals surface area contributed by atoms with Crippen LogP contribution in [0.5, 0.6) is 0 Å². The fraction of sp³-hybridized carbons (Fsp3) is 0.588. The molecule has 0 spiro atoms. The topological polar surface area (TPSA) is 44.4 Å². The van der Waals surface area contributed by atoms with Crippen LogP contribution in [0.2, 0.25) is 0 Å². The van der Waals surface area contributed by atoms with E-state index >= 15 is 0 Å². The van der Waals surface area contributed by atoms with Gasteiger partial charge < -0.3 is 15.5 Å². The molecule has 0 aliphatic carbocycles. The second-order valence-corrected chi connectivity index (χ2v) is 6.03. The van der Waals surface area contributed by atoms with Crippen molar-refractivity contribution in [2.24, 2.45) is 5.92 Å². The molecule has 1 saturated heterocycles. The number of carbonyl (C=O) groups excluding carboxylic acids is 1. The van der Waals surface area contributed by atoms with Crippen LogP contribution >= 0.6 is 0 Å². The maximum Gasteiger partial charge on any atom is 0.241 e. The lowest BCUT2D eigenvalue weighted by atomic mass is 9.98. The molecule has 1 aliphatic rings. The Hall–Kier alpha value is -1.55. The summed E-state index contributed by atoms with van der Waals surface area (Å²) in [5, 5.41) is 6.53. The average molecular weight is 289 g/mol. The number of hydrogen-bond donors (Lipinski definition) is 2. The van der Waals surface area contributed by atoms with Crippen molar-refractivity contribution in [2.45, 2.75) is 26.7 Å². The van der Waals surface area contributed by atoms with Gasteiger partial charge >= 0.3 is 0 Å². The number of nitrogens with one attached hydrogen (secondary N) is 2. The number of hydrogen-bond acceptors (Lipinski definition) is 3. The second-order valence-electron chi connectivity index (χ2n) is 6.03. The lowest BCUT2D eigenvalue weighted by Crippen LogP contribution is -2.44. The quantitative estimate of drug-likeness (QED) is 0.873. The zero-order valence-electron chi connectivity index (χ0n) is 13.4. The Bertz CT molecular complexity index is 465. The lowest BCUT2D eigenvalue weighted by molar-refractivity contribution is -0.131. The molecular formula is C17H27N3O. The zero-order chi connectivity index (χ0) is 15.2. The third-order valence-corrected chi connectivity index (χ3v) is 4.26. The molecule has 1 fully saturated rings. The zero-order valence-corrected chi connectivity index (χ0v) is 13.4. The number of aryl methyl sites for hydroxylation is 2. The molecule has 4 nitrogen and oxygen atoms in total. The molecule has 21 heavy (non-hydrogen) atoms. The SMILES string of the molecule is CNCC1CCCN(C(=O)CNc2c(C)cccc2C)C1. The van der Waals surface area contributed by atoms with Crippen molar-refractivity contribution in [1.82, 2.24) is 10.2 Å². The van der Waals surface area contributed by atoms with Gasteiger partial charge in [-0.1, -0.05) is 18.2 Å². The first-order valence-electron chi connectivity index (χ1n) is 7.84. The van der Waals surface area contributed by atoms with Gasteiger partial charge in [-0.3, -0.25) is 4.79 Å². The van der Waals surface area contributed by atoms with Gasteiger partial charge in [-0.25, -0.2) is 0 Å². The maximum atomic E-state index is 12.4. The van der Waals surface area contributed by atoms with Gasteiger partial charge in [0, 0.05) is 18.8 Å². The summed E-state index contributed by atoms with van der Waals surface area (Å²) in [4.78, 5) is 14.4. The molecule has 2 rings (SSSR count). The summed E-state index contributed by atoms with van der Waals surface area (Å²) < 4.78 is 0. The van der Waals surface area contributed by atoms with Crippen molar-refractivity contribution >= 4 is 11.6 Å². The van der Waals surface area contributed by atoms with Crippen LogP contribution in [0.3, 0.4) is 0 Å². The van der Waals surface area contributed by atoms with Crippen LogP contribution in [0.15, 0.2) is 18.2 Å². The number of piperidine rings is 1. The minimum Gasteiger partial charge on any atom is -0.376 e. The number of anilines is 1. The number of nitrogens with zero attached hydrogens (tertiary/aromatic N) is 1. The van der Waals surface area contributed by atoms with Gasteiger partial charge in [-0.05, 0) is 57.3 Å². The number of benzene rings is 1. The number of likely N-dealkylation sites (tertiary alicyclic amines) is 1. The summed E-state index contributed by atoms with van der Waals surface area (Å²) in [7, 11) is 1.98. The van der Waals surface area contributed by atoms with E-state index in [1.807, 2.05) is 18.0 Å². The minimum atomic E-state index is 0.207. The number of para-hydroxylation sites is 1. The van der Waals surface area contributed by atoms with Gasteiger partial charge in [0.15, 0.2) is 0 Å². The van der Waals surface area contributed by atoms with E-state index in [-0.39, 0.29) is 5.91 Å². The van der Waals surface area contributed by atoms with Gasteiger partial charge in [-0.2, -0.15) is 0 Å². The van der Waals surface area contributed by atoms with E-state index in [2.05, 4.69) is 36.6 Å². The van der Waals surface area contributed by atoms with Crippen LogP contribution in [-0.4, -0.2) is 44.0 Å². The predicted octanol–water partition coefficient (Wildman–Crippen LogP) is 2.17. The third-order valence-electron chi connectivity index (χ3n) is 4.26. The van der Waals surface area contributed by atoms with Crippen LogP contribution in [0.4, 0.5) is 5.69 Å². The summed E-state index contributed by atoms with van der Waals surface area (Å²) >= 11 is 0. The highest BCUT2D eigenvalue weighted by Crippen LogP contribution is 2.20. The molecule has 116 valence electrons. The van der Waals surface area contributed by atoms with Gasteiger partial charge in [0.25, 0.3) is 0 Å².